The summed E-state index contributed by atoms with van der Waals surface area (Å²) in [5, 5.41) is 2.95. The number of amides is 2. The van der Waals surface area contributed by atoms with E-state index < -0.39 is 6.04 Å². The number of hydrogen-bond donors (Lipinski definition) is 1. The van der Waals surface area contributed by atoms with E-state index in [2.05, 4.69) is 33.0 Å². The Morgan fingerprint density at radius 1 is 1.26 bits per heavy atom. The van der Waals surface area contributed by atoms with Gasteiger partial charge in [0.2, 0.25) is 0 Å². The van der Waals surface area contributed by atoms with Crippen molar-refractivity contribution in [1.82, 2.24) is 4.90 Å². The van der Waals surface area contributed by atoms with E-state index in [1.54, 1.807) is 16.7 Å². The van der Waals surface area contributed by atoms with E-state index in [1.165, 1.54) is 5.56 Å². The van der Waals surface area contributed by atoms with Crippen LogP contribution in [0.25, 0.3) is 0 Å². The predicted octanol–water partition coefficient (Wildman–Crippen LogP) is 4.91. The van der Waals surface area contributed by atoms with Crippen LogP contribution in [0, 0.1) is 5.92 Å². The maximum atomic E-state index is 13.0. The largest absolute Gasteiger partial charge is 0.464 e. The van der Waals surface area contributed by atoms with E-state index >= 15 is 0 Å². The lowest BCUT2D eigenvalue weighted by Crippen LogP contribution is -2.48. The van der Waals surface area contributed by atoms with Gasteiger partial charge in [-0.1, -0.05) is 46.2 Å². The van der Waals surface area contributed by atoms with E-state index in [9.17, 15) is 9.59 Å². The van der Waals surface area contributed by atoms with Crippen molar-refractivity contribution >= 4 is 29.4 Å². The van der Waals surface area contributed by atoms with Gasteiger partial charge >= 0.3 is 12.0 Å². The number of rotatable bonds is 8. The summed E-state index contributed by atoms with van der Waals surface area (Å²) in [7, 11) is 0. The fourth-order valence-corrected chi connectivity index (χ4v) is 4.65. The minimum Gasteiger partial charge on any atom is -0.464 e. The fraction of sp³-hybridized carbons (Fsp3) is 0.619. The summed E-state index contributed by atoms with van der Waals surface area (Å²) in [4.78, 5) is 27.2. The average molecular weight is 393 g/mol. The molecule has 6 heteroatoms. The van der Waals surface area contributed by atoms with Gasteiger partial charge in [-0.25, -0.2) is 9.59 Å². The first-order valence-electron chi connectivity index (χ1n) is 9.92. The molecule has 1 fully saturated rings. The van der Waals surface area contributed by atoms with Gasteiger partial charge in [0.1, 0.15) is 6.04 Å². The number of hydrogen-bond acceptors (Lipinski definition) is 4. The third-order valence-electron chi connectivity index (χ3n) is 4.63. The highest BCUT2D eigenvalue weighted by Gasteiger charge is 2.42. The van der Waals surface area contributed by atoms with Gasteiger partial charge in [0.15, 0.2) is 0 Å². The van der Waals surface area contributed by atoms with Gasteiger partial charge in [-0.2, -0.15) is 0 Å². The zero-order valence-electron chi connectivity index (χ0n) is 16.9. The number of aryl methyl sites for hydroxylation is 1. The van der Waals surface area contributed by atoms with Crippen LogP contribution in [-0.4, -0.2) is 40.7 Å². The molecule has 2 atom stereocenters. The number of carbonyl (C=O) groups excluding carboxylic acids is 2. The van der Waals surface area contributed by atoms with Crippen LogP contribution >= 0.6 is 11.8 Å². The highest BCUT2D eigenvalue weighted by Crippen LogP contribution is 2.34. The lowest BCUT2D eigenvalue weighted by molar-refractivity contribution is -0.148. The topological polar surface area (TPSA) is 58.6 Å². The Morgan fingerprint density at radius 3 is 2.56 bits per heavy atom. The second-order valence-corrected chi connectivity index (χ2v) is 8.55. The number of carbonyl (C=O) groups is 2. The third-order valence-corrected chi connectivity index (χ3v) is 5.94. The number of urea groups is 1. The summed E-state index contributed by atoms with van der Waals surface area (Å²) in [5.41, 5.74) is 1.97. The van der Waals surface area contributed by atoms with E-state index in [4.69, 9.17) is 4.74 Å². The van der Waals surface area contributed by atoms with Crippen molar-refractivity contribution in [2.75, 3.05) is 17.7 Å². The zero-order chi connectivity index (χ0) is 19.8. The highest BCUT2D eigenvalue weighted by molar-refractivity contribution is 8.00. The molecule has 150 valence electrons. The molecule has 0 saturated carbocycles. The number of benzene rings is 1. The van der Waals surface area contributed by atoms with Crippen LogP contribution in [0.3, 0.4) is 0 Å². The molecule has 0 aromatic heterocycles. The molecule has 0 aliphatic carbocycles. The van der Waals surface area contributed by atoms with Gasteiger partial charge in [0, 0.05) is 11.4 Å². The highest BCUT2D eigenvalue weighted by atomic mass is 32.2. The van der Waals surface area contributed by atoms with Crippen molar-refractivity contribution < 1.29 is 14.3 Å². The first-order valence-corrected chi connectivity index (χ1v) is 11.0. The van der Waals surface area contributed by atoms with Crippen molar-refractivity contribution in [2.24, 2.45) is 5.92 Å². The molecule has 5 nitrogen and oxygen atoms in total. The molecule has 1 N–H and O–H groups in total. The van der Waals surface area contributed by atoms with Crippen LogP contribution in [0.5, 0.6) is 0 Å². The van der Waals surface area contributed by atoms with Crippen LogP contribution in [-0.2, 0) is 16.0 Å². The normalized spacial score (nSPS) is 19.4. The number of anilines is 1. The monoisotopic (exact) mass is 392 g/mol. The van der Waals surface area contributed by atoms with E-state index in [-0.39, 0.29) is 17.4 Å². The maximum absolute atomic E-state index is 13.0. The summed E-state index contributed by atoms with van der Waals surface area (Å²) in [5.74, 6) is 0.736. The summed E-state index contributed by atoms with van der Waals surface area (Å²) >= 11 is 1.66. The van der Waals surface area contributed by atoms with Crippen molar-refractivity contribution in [3.8, 4) is 0 Å². The molecule has 0 spiro atoms. The standard InChI is InChI=1S/C21H32N2O3S/c1-5-7-12-26-20(24)18-14-27-19(13-15(3)4)23(18)21(25)22-17-10-8-16(6-2)9-11-17/h8-11,15,18-19H,5-7,12-14H2,1-4H3,(H,22,25). The molecule has 1 saturated heterocycles. The predicted molar refractivity (Wildman–Crippen MR) is 112 cm³/mol. The number of thioether (sulfide) groups is 1. The SMILES string of the molecule is CCCCOC(=O)C1CSC(CC(C)C)N1C(=O)Nc1ccc(CC)cc1. The Hall–Kier alpha value is -1.69. The van der Waals surface area contributed by atoms with Crippen molar-refractivity contribution in [3.05, 3.63) is 29.8 Å². The molecule has 0 radical (unpaired) electrons. The molecule has 1 aliphatic heterocycles. The number of ether oxygens (including phenoxy) is 1. The zero-order valence-corrected chi connectivity index (χ0v) is 17.7. The number of nitrogens with zero attached hydrogens (tertiary/aromatic N) is 1. The summed E-state index contributed by atoms with van der Waals surface area (Å²) < 4.78 is 5.41. The number of unbranched alkanes of at least 4 members (excludes halogenated alkanes) is 1. The summed E-state index contributed by atoms with van der Waals surface area (Å²) in [6, 6.07) is 7.09. The Morgan fingerprint density at radius 2 is 1.96 bits per heavy atom. The molecule has 2 rings (SSSR count). The molecular formula is C21H32N2O3S. The Labute approximate surface area is 167 Å². The molecule has 1 aliphatic rings. The first-order chi connectivity index (χ1) is 13.0. The van der Waals surface area contributed by atoms with Crippen LogP contribution < -0.4 is 5.32 Å². The minimum atomic E-state index is -0.523. The van der Waals surface area contributed by atoms with Gasteiger partial charge in [-0.05, 0) is 42.9 Å². The van der Waals surface area contributed by atoms with Gasteiger partial charge in [-0.3, -0.25) is 4.90 Å². The molecule has 1 aromatic rings. The molecule has 2 amide bonds. The van der Waals surface area contributed by atoms with Crippen LogP contribution in [0.2, 0.25) is 0 Å². The lowest BCUT2D eigenvalue weighted by atomic mass is 10.1. The van der Waals surface area contributed by atoms with Gasteiger partial charge in [0.05, 0.1) is 12.0 Å². The first kappa shape index (κ1) is 21.6. The molecule has 2 unspecified atom stereocenters. The van der Waals surface area contributed by atoms with Gasteiger partial charge < -0.3 is 10.1 Å². The molecule has 1 aromatic carbocycles. The second-order valence-electron chi connectivity index (χ2n) is 7.34. The molecular weight excluding hydrogens is 360 g/mol. The Bertz CT molecular complexity index is 618. The van der Waals surface area contributed by atoms with Gasteiger partial charge in [-0.15, -0.1) is 11.8 Å². The molecule has 0 bridgehead atoms. The Balaban J connectivity index is 2.10. The summed E-state index contributed by atoms with van der Waals surface area (Å²) in [6.07, 6.45) is 3.63. The number of esters is 1. The quantitative estimate of drug-likeness (QED) is 0.504. The van der Waals surface area contributed by atoms with E-state index in [0.29, 0.717) is 18.3 Å². The molecule has 1 heterocycles. The van der Waals surface area contributed by atoms with Crippen molar-refractivity contribution in [3.63, 3.8) is 0 Å². The smallest absolute Gasteiger partial charge is 0.329 e. The van der Waals surface area contributed by atoms with Gasteiger partial charge in [0.25, 0.3) is 0 Å². The fourth-order valence-electron chi connectivity index (χ4n) is 3.03. The van der Waals surface area contributed by atoms with Crippen molar-refractivity contribution in [1.29, 1.82) is 0 Å². The Kier molecular flexibility index (Phi) is 8.48. The van der Waals surface area contributed by atoms with Crippen LogP contribution in [0.4, 0.5) is 10.5 Å². The third kappa shape index (κ3) is 6.16. The second kappa shape index (κ2) is 10.6. The van der Waals surface area contributed by atoms with E-state index in [1.807, 2.05) is 24.3 Å². The average Bonchev–Trinajstić information content (AvgIpc) is 3.05. The van der Waals surface area contributed by atoms with Crippen molar-refractivity contribution in [2.45, 2.75) is 64.8 Å². The minimum absolute atomic E-state index is 0.0105. The maximum Gasteiger partial charge on any atom is 0.329 e. The number of nitrogens with one attached hydrogen (secondary N) is 1. The van der Waals surface area contributed by atoms with E-state index in [0.717, 1.165) is 31.4 Å². The van der Waals surface area contributed by atoms with Crippen LogP contribution in [0.15, 0.2) is 24.3 Å². The molecule has 27 heavy (non-hydrogen) atoms. The summed E-state index contributed by atoms with van der Waals surface area (Å²) in [6.45, 7) is 8.83. The lowest BCUT2D eigenvalue weighted by Gasteiger charge is -2.29. The van der Waals surface area contributed by atoms with Crippen LogP contribution in [0.1, 0.15) is 52.5 Å².